The van der Waals surface area contributed by atoms with Gasteiger partial charge in [0.05, 0.1) is 17.0 Å². The average Bonchev–Trinajstić information content (AvgIpc) is 3.20. The van der Waals surface area contributed by atoms with Gasteiger partial charge in [0.1, 0.15) is 10.7 Å². The highest BCUT2D eigenvalue weighted by molar-refractivity contribution is 7.98. The predicted octanol–water partition coefficient (Wildman–Crippen LogP) is 5.01. The highest BCUT2D eigenvalue weighted by Gasteiger charge is 2.20. The first-order valence-corrected chi connectivity index (χ1v) is 12.6. The number of aryl methyl sites for hydroxylation is 2. The Morgan fingerprint density at radius 1 is 1.10 bits per heavy atom. The van der Waals surface area contributed by atoms with Gasteiger partial charge >= 0.3 is 0 Å². The smallest absolute Gasteiger partial charge is 0.263 e. The molecule has 164 valence electrons. The lowest BCUT2D eigenvalue weighted by atomic mass is 10.1. The van der Waals surface area contributed by atoms with E-state index in [1.165, 1.54) is 18.2 Å². The zero-order valence-electron chi connectivity index (χ0n) is 17.1. The molecule has 0 radical (unpaired) electrons. The molecule has 0 spiro atoms. The summed E-state index contributed by atoms with van der Waals surface area (Å²) in [5.41, 5.74) is 2.53. The number of thioether (sulfide) groups is 1. The minimum Gasteiger partial charge on any atom is -0.468 e. The summed E-state index contributed by atoms with van der Waals surface area (Å²) in [4.78, 5) is 12.3. The molecule has 0 bridgehead atoms. The Morgan fingerprint density at radius 3 is 2.52 bits per heavy atom. The number of amides is 1. The van der Waals surface area contributed by atoms with Crippen molar-refractivity contribution in [2.24, 2.45) is 0 Å². The van der Waals surface area contributed by atoms with Crippen LogP contribution in [0, 0.1) is 13.8 Å². The number of furan rings is 1. The van der Waals surface area contributed by atoms with E-state index in [1.54, 1.807) is 30.2 Å². The van der Waals surface area contributed by atoms with Gasteiger partial charge in [-0.3, -0.25) is 9.52 Å². The molecule has 0 atom stereocenters. The molecule has 3 rings (SSSR count). The van der Waals surface area contributed by atoms with Crippen LogP contribution < -0.4 is 10.0 Å². The number of carbonyl (C=O) groups excluding carboxylic acids is 1. The number of halogens is 1. The fourth-order valence-electron chi connectivity index (χ4n) is 3.00. The van der Waals surface area contributed by atoms with Gasteiger partial charge < -0.3 is 9.73 Å². The van der Waals surface area contributed by atoms with Crippen LogP contribution in [0.4, 0.5) is 5.69 Å². The summed E-state index contributed by atoms with van der Waals surface area (Å²) in [5.74, 6) is 1.92. The lowest BCUT2D eigenvalue weighted by molar-refractivity contribution is 0.0956. The molecule has 0 aliphatic carbocycles. The highest BCUT2D eigenvalue weighted by Crippen LogP contribution is 2.26. The summed E-state index contributed by atoms with van der Waals surface area (Å²) in [6.07, 6.45) is 1.62. The molecule has 0 aliphatic heterocycles. The molecule has 3 aromatic rings. The van der Waals surface area contributed by atoms with Crippen LogP contribution in [-0.4, -0.2) is 26.6 Å². The molecule has 0 saturated carbocycles. The van der Waals surface area contributed by atoms with Gasteiger partial charge in [0, 0.05) is 23.5 Å². The molecule has 6 nitrogen and oxygen atoms in total. The van der Waals surface area contributed by atoms with Crippen molar-refractivity contribution in [3.05, 3.63) is 82.3 Å². The zero-order valence-corrected chi connectivity index (χ0v) is 19.5. The number of carbonyl (C=O) groups is 1. The van der Waals surface area contributed by atoms with Crippen molar-refractivity contribution in [1.82, 2.24) is 5.32 Å². The van der Waals surface area contributed by atoms with E-state index in [9.17, 15) is 13.2 Å². The molecule has 2 N–H and O–H groups in total. The summed E-state index contributed by atoms with van der Waals surface area (Å²) in [5, 5.41) is 2.84. The minimum atomic E-state index is -3.96. The molecule has 0 aliphatic rings. The maximum absolute atomic E-state index is 12.9. The summed E-state index contributed by atoms with van der Waals surface area (Å²) >= 11 is 7.77. The Morgan fingerprint density at radius 2 is 1.84 bits per heavy atom. The Hall–Kier alpha value is -2.42. The van der Waals surface area contributed by atoms with Gasteiger partial charge in [0.25, 0.3) is 15.9 Å². The molecule has 0 saturated heterocycles. The molecule has 1 heterocycles. The van der Waals surface area contributed by atoms with Crippen LogP contribution in [0.1, 0.15) is 27.2 Å². The van der Waals surface area contributed by atoms with E-state index in [4.69, 9.17) is 16.0 Å². The number of sulfonamides is 1. The van der Waals surface area contributed by atoms with Crippen molar-refractivity contribution in [1.29, 1.82) is 0 Å². The number of anilines is 1. The van der Waals surface area contributed by atoms with Crippen LogP contribution in [0.5, 0.6) is 0 Å². The Balaban J connectivity index is 1.64. The van der Waals surface area contributed by atoms with Crippen LogP contribution in [0.15, 0.2) is 64.1 Å². The monoisotopic (exact) mass is 478 g/mol. The highest BCUT2D eigenvalue weighted by atomic mass is 35.5. The third kappa shape index (κ3) is 6.53. The average molecular weight is 479 g/mol. The SMILES string of the molecule is Cc1cc(C)cc(NS(=O)(=O)c2cc(C(=O)NCCSCc3ccco3)ccc2Cl)c1. The normalized spacial score (nSPS) is 11.3. The maximum atomic E-state index is 12.9. The Bertz CT molecular complexity index is 1140. The van der Waals surface area contributed by atoms with Crippen LogP contribution in [-0.2, 0) is 15.8 Å². The molecule has 0 unspecified atom stereocenters. The summed E-state index contributed by atoms with van der Waals surface area (Å²) in [6, 6.07) is 13.3. The predicted molar refractivity (Wildman–Crippen MR) is 125 cm³/mol. The van der Waals surface area contributed by atoms with E-state index in [0.717, 1.165) is 22.6 Å². The summed E-state index contributed by atoms with van der Waals surface area (Å²) in [7, 11) is -3.96. The Labute approximate surface area is 191 Å². The van der Waals surface area contributed by atoms with Gasteiger partial charge in [0.2, 0.25) is 0 Å². The van der Waals surface area contributed by atoms with Crippen molar-refractivity contribution in [3.8, 4) is 0 Å². The number of rotatable bonds is 9. The van der Waals surface area contributed by atoms with E-state index in [2.05, 4.69) is 10.0 Å². The van der Waals surface area contributed by atoms with Crippen LogP contribution in [0.2, 0.25) is 5.02 Å². The van der Waals surface area contributed by atoms with Gasteiger partial charge in [-0.05, 0) is 67.4 Å². The third-order valence-corrected chi connectivity index (χ3v) is 7.16. The molecular formula is C22H23ClN2O4S2. The molecule has 1 amide bonds. The van der Waals surface area contributed by atoms with Gasteiger partial charge in [-0.2, -0.15) is 11.8 Å². The first kappa shape index (κ1) is 23.2. The topological polar surface area (TPSA) is 88.4 Å². The molecule has 9 heteroatoms. The zero-order chi connectivity index (χ0) is 22.4. The fraction of sp³-hybridized carbons (Fsp3) is 0.227. The maximum Gasteiger partial charge on any atom is 0.263 e. The second kappa shape index (κ2) is 10.3. The van der Waals surface area contributed by atoms with Gasteiger partial charge in [-0.15, -0.1) is 0 Å². The van der Waals surface area contributed by atoms with Crippen LogP contribution >= 0.6 is 23.4 Å². The lowest BCUT2D eigenvalue weighted by Crippen LogP contribution is -2.26. The van der Waals surface area contributed by atoms with Crippen LogP contribution in [0.3, 0.4) is 0 Å². The first-order valence-electron chi connectivity index (χ1n) is 9.53. The van der Waals surface area contributed by atoms with Gasteiger partial charge in [-0.25, -0.2) is 8.42 Å². The molecule has 0 fully saturated rings. The Kier molecular flexibility index (Phi) is 7.69. The summed E-state index contributed by atoms with van der Waals surface area (Å²) in [6.45, 7) is 4.21. The van der Waals surface area contributed by atoms with Crippen LogP contribution in [0.25, 0.3) is 0 Å². The minimum absolute atomic E-state index is 0.0439. The standard InChI is InChI=1S/C22H23ClN2O4S2/c1-15-10-16(2)12-18(11-15)25-31(27,28)21-13-17(5-6-20(21)23)22(26)24-7-9-30-14-19-4-3-8-29-19/h3-6,8,10-13,25H,7,9,14H2,1-2H3,(H,24,26). The molecule has 1 aromatic heterocycles. The number of benzene rings is 2. The first-order chi connectivity index (χ1) is 14.7. The number of hydrogen-bond acceptors (Lipinski definition) is 5. The van der Waals surface area contributed by atoms with Crippen molar-refractivity contribution in [3.63, 3.8) is 0 Å². The van der Waals surface area contributed by atoms with Gasteiger partial charge in [0.15, 0.2) is 0 Å². The fourth-order valence-corrected chi connectivity index (χ4v) is 5.32. The van der Waals surface area contributed by atoms with Crippen molar-refractivity contribution in [2.45, 2.75) is 24.5 Å². The second-order valence-electron chi connectivity index (χ2n) is 7.01. The second-order valence-corrected chi connectivity index (χ2v) is 10.2. The van der Waals surface area contributed by atoms with Gasteiger partial charge in [-0.1, -0.05) is 17.7 Å². The third-order valence-electron chi connectivity index (χ3n) is 4.31. The molecule has 31 heavy (non-hydrogen) atoms. The number of nitrogens with one attached hydrogen (secondary N) is 2. The quantitative estimate of drug-likeness (QED) is 0.422. The molecular weight excluding hydrogens is 456 g/mol. The largest absolute Gasteiger partial charge is 0.468 e. The van der Waals surface area contributed by atoms with Crippen molar-refractivity contribution in [2.75, 3.05) is 17.0 Å². The van der Waals surface area contributed by atoms with E-state index >= 15 is 0 Å². The van der Waals surface area contributed by atoms with E-state index < -0.39 is 10.0 Å². The van der Waals surface area contributed by atoms with E-state index in [-0.39, 0.29) is 21.4 Å². The lowest BCUT2D eigenvalue weighted by Gasteiger charge is -2.12. The number of hydrogen-bond donors (Lipinski definition) is 2. The van der Waals surface area contributed by atoms with E-state index in [1.807, 2.05) is 32.0 Å². The van der Waals surface area contributed by atoms with Crippen molar-refractivity contribution < 1.29 is 17.6 Å². The van der Waals surface area contributed by atoms with Crippen molar-refractivity contribution >= 4 is 45.0 Å². The summed E-state index contributed by atoms with van der Waals surface area (Å²) < 4.78 is 33.6. The molecule has 2 aromatic carbocycles. The van der Waals surface area contributed by atoms with E-state index in [0.29, 0.717) is 18.0 Å².